The van der Waals surface area contributed by atoms with E-state index in [1.807, 2.05) is 0 Å². The Morgan fingerprint density at radius 3 is 1.50 bits per heavy atom. The average molecular weight is 127 g/mol. The molecular weight excluding hydrogens is 123 g/mol. The Hall–Kier alpha value is 0.402. The van der Waals surface area contributed by atoms with Crippen LogP contribution < -0.4 is 0 Å². The molecule has 3 N–H and O–H groups in total. The Morgan fingerprint density at radius 2 is 1.50 bits per heavy atom. The molecule has 0 aliphatic carbocycles. The molecule has 0 unspecified atom stereocenters. The summed E-state index contributed by atoms with van der Waals surface area (Å²) in [7, 11) is -3.64. The zero-order chi connectivity index (χ0) is 4.50. The minimum absolute atomic E-state index is 0. The van der Waals surface area contributed by atoms with Crippen molar-refractivity contribution in [2.45, 2.75) is 0 Å². The Morgan fingerprint density at radius 1 is 1.50 bits per heavy atom. The van der Waals surface area contributed by atoms with Crippen molar-refractivity contribution in [3.8, 4) is 0 Å². The molecule has 37 valence electrons. The SMILES string of the molecule is O.O=[S](=O)(O)[AlH]. The van der Waals surface area contributed by atoms with Crippen LogP contribution in [0.2, 0.25) is 0 Å². The first-order chi connectivity index (χ1) is 2.00. The third-order valence-electron chi connectivity index (χ3n) is 0. The lowest BCUT2D eigenvalue weighted by molar-refractivity contribution is 0.501. The highest BCUT2D eigenvalue weighted by Gasteiger charge is 1.82. The summed E-state index contributed by atoms with van der Waals surface area (Å²) in [6.07, 6.45) is 0. The maximum absolute atomic E-state index is 9.20. The molecule has 0 aliphatic rings. The van der Waals surface area contributed by atoms with Crippen molar-refractivity contribution in [1.82, 2.24) is 0 Å². The first-order valence-corrected chi connectivity index (χ1v) is 4.15. The third kappa shape index (κ3) is 315. The molecule has 0 saturated carbocycles. The lowest BCUT2D eigenvalue weighted by atomic mass is 15.9. The fourth-order valence-electron chi connectivity index (χ4n) is 0. The van der Waals surface area contributed by atoms with E-state index in [4.69, 9.17) is 4.55 Å². The summed E-state index contributed by atoms with van der Waals surface area (Å²) in [6.45, 7) is 0. The van der Waals surface area contributed by atoms with Crippen molar-refractivity contribution >= 4 is 23.6 Å². The minimum atomic E-state index is -3.64. The van der Waals surface area contributed by atoms with Gasteiger partial charge in [0.15, 0.2) is 0 Å². The first-order valence-electron chi connectivity index (χ1n) is 0.805. The van der Waals surface area contributed by atoms with Gasteiger partial charge in [-0.2, -0.15) is 0 Å². The monoisotopic (exact) mass is 127 g/mol. The average Bonchev–Trinajstić information content (AvgIpc) is 0.722. The summed E-state index contributed by atoms with van der Waals surface area (Å²) in [4.78, 5) is 0. The standard InChI is InChI=1S/Al.HO3S.H2O.H/c;1-4(2)3;;/h;(H,1,2,3);1H2;. The Bertz CT molecular complexity index is 90.7. The molecule has 0 heterocycles. The van der Waals surface area contributed by atoms with Crippen molar-refractivity contribution in [2.24, 2.45) is 0 Å². The smallest absolute Gasteiger partial charge is 0.412 e. The van der Waals surface area contributed by atoms with Crippen molar-refractivity contribution < 1.29 is 18.4 Å². The maximum atomic E-state index is 9.20. The van der Waals surface area contributed by atoms with Crippen LogP contribution in [-0.2, 0) is 8.48 Å². The van der Waals surface area contributed by atoms with Gasteiger partial charge >= 0.3 is 15.2 Å². The summed E-state index contributed by atoms with van der Waals surface area (Å²) >= 11 is 0.539. The van der Waals surface area contributed by atoms with Crippen LogP contribution in [0.15, 0.2) is 0 Å². The van der Waals surface area contributed by atoms with E-state index < -0.39 is 8.48 Å². The molecule has 0 aromatic heterocycles. The van der Waals surface area contributed by atoms with E-state index in [0.717, 1.165) is 0 Å². The molecule has 0 aromatic carbocycles. The minimum Gasteiger partial charge on any atom is -0.412 e. The van der Waals surface area contributed by atoms with Gasteiger partial charge in [0, 0.05) is 0 Å². The van der Waals surface area contributed by atoms with Gasteiger partial charge in [-0.25, -0.2) is 8.42 Å². The highest BCUT2D eigenvalue weighted by atomic mass is 32.4. The molecule has 0 aliphatic heterocycles. The van der Waals surface area contributed by atoms with Crippen LogP contribution in [0, 0.1) is 0 Å². The summed E-state index contributed by atoms with van der Waals surface area (Å²) in [5.74, 6) is 0. The number of rotatable bonds is 0. The molecule has 0 fully saturated rings. The molecular formula is H4AlO4S. The van der Waals surface area contributed by atoms with E-state index in [2.05, 4.69) is 0 Å². The predicted octanol–water partition coefficient (Wildman–Crippen LogP) is -2.13. The van der Waals surface area contributed by atoms with Gasteiger partial charge in [-0.1, -0.05) is 0 Å². The molecule has 0 rings (SSSR count). The topological polar surface area (TPSA) is 85.9 Å². The number of hydrogen-bond acceptors (Lipinski definition) is 2. The lowest BCUT2D eigenvalue weighted by Gasteiger charge is -1.71. The van der Waals surface area contributed by atoms with Crippen LogP contribution in [0.25, 0.3) is 0 Å². The largest absolute Gasteiger partial charge is 0.431 e. The van der Waals surface area contributed by atoms with Gasteiger partial charge in [-0.15, -0.1) is 0 Å². The molecule has 0 aromatic rings. The van der Waals surface area contributed by atoms with Gasteiger partial charge < -0.3 is 10.0 Å². The van der Waals surface area contributed by atoms with Crippen molar-refractivity contribution in [3.63, 3.8) is 0 Å². The molecule has 0 spiro atoms. The van der Waals surface area contributed by atoms with Crippen molar-refractivity contribution in [1.29, 1.82) is 0 Å². The molecule has 0 bridgehead atoms. The lowest BCUT2D eigenvalue weighted by Crippen LogP contribution is -1.91. The second kappa shape index (κ2) is 2.55. The van der Waals surface area contributed by atoms with Crippen LogP contribution in [-0.4, -0.2) is 33.6 Å². The molecule has 6 heavy (non-hydrogen) atoms. The third-order valence-corrected chi connectivity index (χ3v) is 0. The van der Waals surface area contributed by atoms with Crippen molar-refractivity contribution in [3.05, 3.63) is 0 Å². The fourth-order valence-corrected chi connectivity index (χ4v) is 0. The van der Waals surface area contributed by atoms with Crippen LogP contribution in [0.3, 0.4) is 0 Å². The Labute approximate surface area is 42.7 Å². The van der Waals surface area contributed by atoms with Crippen molar-refractivity contribution in [2.75, 3.05) is 0 Å². The van der Waals surface area contributed by atoms with E-state index >= 15 is 0 Å². The summed E-state index contributed by atoms with van der Waals surface area (Å²) in [6, 6.07) is 0. The van der Waals surface area contributed by atoms with Crippen LogP contribution in [0.4, 0.5) is 0 Å². The van der Waals surface area contributed by atoms with Crippen LogP contribution >= 0.6 is 0 Å². The molecule has 0 amide bonds. The second-order valence-corrected chi connectivity index (χ2v) is 3.93. The fraction of sp³-hybridized carbons (Fsp3) is 0. The quantitative estimate of drug-likeness (QED) is 0.297. The van der Waals surface area contributed by atoms with E-state index in [1.165, 1.54) is 0 Å². The summed E-state index contributed by atoms with van der Waals surface area (Å²) in [5.41, 5.74) is 0. The second-order valence-electron chi connectivity index (χ2n) is 0.582. The van der Waals surface area contributed by atoms with Gasteiger partial charge in [-0.05, 0) is 0 Å². The summed E-state index contributed by atoms with van der Waals surface area (Å²) < 4.78 is 25.9. The van der Waals surface area contributed by atoms with E-state index in [0.29, 0.717) is 15.2 Å². The molecule has 1 radical (unpaired) electrons. The van der Waals surface area contributed by atoms with Crippen LogP contribution in [0.1, 0.15) is 0 Å². The van der Waals surface area contributed by atoms with Gasteiger partial charge in [0.2, 0.25) is 0 Å². The maximum Gasteiger partial charge on any atom is 0.431 e. The molecule has 0 saturated heterocycles. The zero-order valence-electron chi connectivity index (χ0n) is 2.88. The van der Waals surface area contributed by atoms with Crippen LogP contribution in [0.5, 0.6) is 0 Å². The van der Waals surface area contributed by atoms with Gasteiger partial charge in [0.25, 0.3) is 0 Å². The van der Waals surface area contributed by atoms with E-state index in [1.54, 1.807) is 0 Å². The Kier molecular flexibility index (Phi) is 4.10. The molecule has 0 atom stereocenters. The van der Waals surface area contributed by atoms with E-state index in [9.17, 15) is 8.42 Å². The highest BCUT2D eigenvalue weighted by Crippen LogP contribution is 1.57. The molecule has 4 nitrogen and oxygen atoms in total. The first kappa shape index (κ1) is 9.64. The summed E-state index contributed by atoms with van der Waals surface area (Å²) in [5, 5.41) is 0. The number of hydrogen-bond donors (Lipinski definition) is 1. The van der Waals surface area contributed by atoms with Gasteiger partial charge in [0.1, 0.15) is 8.48 Å². The predicted molar refractivity (Wildman–Crippen MR) is 22.3 cm³/mol. The van der Waals surface area contributed by atoms with E-state index in [-0.39, 0.29) is 5.48 Å². The Balaban J connectivity index is 0. The van der Waals surface area contributed by atoms with Gasteiger partial charge in [-0.3, -0.25) is 0 Å². The molecule has 6 heteroatoms. The zero-order valence-corrected chi connectivity index (χ0v) is 5.11. The highest BCUT2D eigenvalue weighted by molar-refractivity contribution is 8.07. The normalized spacial score (nSPS) is 9.50. The van der Waals surface area contributed by atoms with Gasteiger partial charge in [0.05, 0.1) is 0 Å².